The van der Waals surface area contributed by atoms with Gasteiger partial charge in [0.15, 0.2) is 11.5 Å². The van der Waals surface area contributed by atoms with E-state index >= 15 is 0 Å². The van der Waals surface area contributed by atoms with Crippen molar-refractivity contribution in [1.82, 2.24) is 5.32 Å². The minimum absolute atomic E-state index is 0.0547. The maximum atomic E-state index is 12.5. The quantitative estimate of drug-likeness (QED) is 0.826. The second-order valence-electron chi connectivity index (χ2n) is 6.79. The van der Waals surface area contributed by atoms with Gasteiger partial charge < -0.3 is 25.0 Å². The molecule has 1 saturated heterocycles. The van der Waals surface area contributed by atoms with Crippen molar-refractivity contribution in [1.29, 1.82) is 0 Å². The number of hydrogen-bond acceptors (Lipinski definition) is 4. The number of anilines is 2. The molecule has 2 aromatic rings. The number of benzene rings is 2. The number of nitrogens with one attached hydrogen (secondary N) is 2. The van der Waals surface area contributed by atoms with Crippen molar-refractivity contribution in [2.75, 3.05) is 30.0 Å². The molecule has 0 spiro atoms. The topological polar surface area (TPSA) is 79.9 Å². The summed E-state index contributed by atoms with van der Waals surface area (Å²) in [6.45, 7) is 3.27. The van der Waals surface area contributed by atoms with E-state index in [-0.39, 0.29) is 24.4 Å². The highest BCUT2D eigenvalue weighted by molar-refractivity contribution is 6.31. The van der Waals surface area contributed by atoms with E-state index in [2.05, 4.69) is 10.6 Å². The lowest BCUT2D eigenvalue weighted by Gasteiger charge is -2.22. The van der Waals surface area contributed by atoms with Crippen LogP contribution in [0.4, 0.5) is 16.2 Å². The normalized spacial score (nSPS) is 18.1. The number of ether oxygens (including phenoxy) is 2. The predicted octanol–water partition coefficient (Wildman–Crippen LogP) is 3.35. The number of nitrogens with zero attached hydrogens (tertiary/aromatic N) is 1. The van der Waals surface area contributed by atoms with Crippen molar-refractivity contribution >= 4 is 34.9 Å². The zero-order chi connectivity index (χ0) is 19.7. The van der Waals surface area contributed by atoms with E-state index in [9.17, 15) is 9.59 Å². The standard InChI is InChI=1S/C20H20ClN3O4/c1-12-2-3-13(21)8-16(12)23-20(26)22-14-9-19(25)24(11-14)15-4-5-17-18(10-15)28-7-6-27-17/h2-5,8,10,14H,6-7,9,11H2,1H3,(H2,22,23,26)/t14-/m0/s1. The van der Waals surface area contributed by atoms with Crippen LogP contribution in [0.25, 0.3) is 0 Å². The lowest BCUT2D eigenvalue weighted by Crippen LogP contribution is -2.39. The molecule has 0 aliphatic carbocycles. The maximum Gasteiger partial charge on any atom is 0.319 e. The molecule has 3 amide bonds. The van der Waals surface area contributed by atoms with Crippen LogP contribution in [0.1, 0.15) is 12.0 Å². The lowest BCUT2D eigenvalue weighted by atomic mass is 10.2. The monoisotopic (exact) mass is 401 g/mol. The Labute approximate surface area is 167 Å². The Morgan fingerprint density at radius 2 is 1.93 bits per heavy atom. The highest BCUT2D eigenvalue weighted by atomic mass is 35.5. The van der Waals surface area contributed by atoms with E-state index < -0.39 is 0 Å². The van der Waals surface area contributed by atoms with Gasteiger partial charge in [-0.05, 0) is 36.8 Å². The summed E-state index contributed by atoms with van der Waals surface area (Å²) in [5.41, 5.74) is 2.27. The van der Waals surface area contributed by atoms with Gasteiger partial charge >= 0.3 is 6.03 Å². The smallest absolute Gasteiger partial charge is 0.319 e. The van der Waals surface area contributed by atoms with Crippen LogP contribution in [0.2, 0.25) is 5.02 Å². The third-order valence-electron chi connectivity index (χ3n) is 4.75. The highest BCUT2D eigenvalue weighted by Crippen LogP contribution is 2.35. The largest absolute Gasteiger partial charge is 0.486 e. The number of fused-ring (bicyclic) bond motifs is 1. The van der Waals surface area contributed by atoms with E-state index in [1.165, 1.54) is 0 Å². The van der Waals surface area contributed by atoms with Crippen molar-refractivity contribution in [2.45, 2.75) is 19.4 Å². The second-order valence-corrected chi connectivity index (χ2v) is 7.23. The SMILES string of the molecule is Cc1ccc(Cl)cc1NC(=O)N[C@H]1CC(=O)N(c2ccc3c(c2)OCCO3)C1. The van der Waals surface area contributed by atoms with Gasteiger partial charge in [0.2, 0.25) is 5.91 Å². The molecule has 0 radical (unpaired) electrons. The van der Waals surface area contributed by atoms with E-state index in [1.807, 2.05) is 19.1 Å². The first-order valence-corrected chi connectivity index (χ1v) is 9.41. The predicted molar refractivity (Wildman–Crippen MR) is 107 cm³/mol. The molecule has 0 bridgehead atoms. The molecule has 2 heterocycles. The van der Waals surface area contributed by atoms with Gasteiger partial charge in [-0.2, -0.15) is 0 Å². The summed E-state index contributed by atoms with van der Waals surface area (Å²) in [7, 11) is 0. The fourth-order valence-electron chi connectivity index (χ4n) is 3.33. The Balaban J connectivity index is 1.40. The number of amides is 3. The number of carbonyl (C=O) groups is 2. The minimum atomic E-state index is -0.368. The molecular formula is C20H20ClN3O4. The Bertz CT molecular complexity index is 934. The Kier molecular flexibility index (Phi) is 5.00. The molecule has 7 nitrogen and oxygen atoms in total. The molecule has 0 unspecified atom stereocenters. The van der Waals surface area contributed by atoms with Gasteiger partial charge in [-0.15, -0.1) is 0 Å². The van der Waals surface area contributed by atoms with Gasteiger partial charge in [-0.1, -0.05) is 17.7 Å². The van der Waals surface area contributed by atoms with Gasteiger partial charge in [0.25, 0.3) is 0 Å². The Hall–Kier alpha value is -2.93. The van der Waals surface area contributed by atoms with Crippen LogP contribution in [0.15, 0.2) is 36.4 Å². The number of hydrogen-bond donors (Lipinski definition) is 2. The fraction of sp³-hybridized carbons (Fsp3) is 0.300. The fourth-order valence-corrected chi connectivity index (χ4v) is 3.50. The van der Waals surface area contributed by atoms with Crippen molar-refractivity contribution in [3.8, 4) is 11.5 Å². The van der Waals surface area contributed by atoms with Crippen LogP contribution in [0.5, 0.6) is 11.5 Å². The molecule has 28 heavy (non-hydrogen) atoms. The van der Waals surface area contributed by atoms with E-state index in [4.69, 9.17) is 21.1 Å². The van der Waals surface area contributed by atoms with Gasteiger partial charge in [0, 0.05) is 35.4 Å². The van der Waals surface area contributed by atoms with Crippen molar-refractivity contribution in [3.63, 3.8) is 0 Å². The Morgan fingerprint density at radius 1 is 1.14 bits per heavy atom. The van der Waals surface area contributed by atoms with E-state index in [0.717, 1.165) is 11.3 Å². The summed E-state index contributed by atoms with van der Waals surface area (Å²) in [6.07, 6.45) is 0.233. The number of rotatable bonds is 3. The average molecular weight is 402 g/mol. The third-order valence-corrected chi connectivity index (χ3v) is 4.98. The second kappa shape index (κ2) is 7.59. The summed E-state index contributed by atoms with van der Waals surface area (Å²) < 4.78 is 11.1. The third kappa shape index (κ3) is 3.84. The van der Waals surface area contributed by atoms with Gasteiger partial charge in [-0.25, -0.2) is 4.79 Å². The molecule has 146 valence electrons. The number of urea groups is 1. The van der Waals surface area contributed by atoms with Crippen LogP contribution in [0, 0.1) is 6.92 Å². The van der Waals surface area contributed by atoms with Gasteiger partial charge in [0.05, 0.1) is 6.04 Å². The molecule has 4 rings (SSSR count). The van der Waals surface area contributed by atoms with Crippen LogP contribution in [-0.2, 0) is 4.79 Å². The first-order valence-electron chi connectivity index (χ1n) is 9.03. The van der Waals surface area contributed by atoms with Crippen LogP contribution < -0.4 is 25.0 Å². The molecule has 2 N–H and O–H groups in total. The first-order chi connectivity index (χ1) is 13.5. The van der Waals surface area contributed by atoms with Gasteiger partial charge in [0.1, 0.15) is 13.2 Å². The molecule has 2 aromatic carbocycles. The van der Waals surface area contributed by atoms with Gasteiger partial charge in [-0.3, -0.25) is 4.79 Å². The number of aryl methyl sites for hydroxylation is 1. The van der Waals surface area contributed by atoms with Crippen LogP contribution in [-0.4, -0.2) is 37.7 Å². The molecule has 8 heteroatoms. The van der Waals surface area contributed by atoms with Crippen LogP contribution >= 0.6 is 11.6 Å². The Morgan fingerprint density at radius 3 is 2.75 bits per heavy atom. The lowest BCUT2D eigenvalue weighted by molar-refractivity contribution is -0.117. The summed E-state index contributed by atoms with van der Waals surface area (Å²) >= 11 is 5.98. The van der Waals surface area contributed by atoms with E-state index in [1.54, 1.807) is 29.2 Å². The first kappa shape index (κ1) is 18.4. The van der Waals surface area contributed by atoms with Crippen molar-refractivity contribution in [3.05, 3.63) is 47.0 Å². The summed E-state index contributed by atoms with van der Waals surface area (Å²) in [6, 6.07) is 10.0. The molecular weight excluding hydrogens is 382 g/mol. The summed E-state index contributed by atoms with van der Waals surface area (Å²) in [5.74, 6) is 1.25. The summed E-state index contributed by atoms with van der Waals surface area (Å²) in [5, 5.41) is 6.19. The zero-order valence-electron chi connectivity index (χ0n) is 15.3. The average Bonchev–Trinajstić information content (AvgIpc) is 3.04. The van der Waals surface area contributed by atoms with Crippen LogP contribution in [0.3, 0.4) is 0 Å². The molecule has 1 fully saturated rings. The molecule has 0 aromatic heterocycles. The van der Waals surface area contributed by atoms with Crippen molar-refractivity contribution < 1.29 is 19.1 Å². The van der Waals surface area contributed by atoms with Crippen molar-refractivity contribution in [2.24, 2.45) is 0 Å². The molecule has 1 atom stereocenters. The number of carbonyl (C=O) groups excluding carboxylic acids is 2. The molecule has 2 aliphatic heterocycles. The minimum Gasteiger partial charge on any atom is -0.486 e. The highest BCUT2D eigenvalue weighted by Gasteiger charge is 2.32. The number of halogens is 1. The zero-order valence-corrected chi connectivity index (χ0v) is 16.1. The maximum absolute atomic E-state index is 12.5. The summed E-state index contributed by atoms with van der Waals surface area (Å²) in [4.78, 5) is 26.4. The molecule has 2 aliphatic rings. The molecule has 0 saturated carbocycles. The van der Waals surface area contributed by atoms with E-state index in [0.29, 0.717) is 42.0 Å².